The molecule has 2 aromatic carbocycles. The van der Waals surface area contributed by atoms with Crippen LogP contribution in [-0.4, -0.2) is 17.8 Å². The van der Waals surface area contributed by atoms with Crippen molar-refractivity contribution in [3.05, 3.63) is 52.1 Å². The summed E-state index contributed by atoms with van der Waals surface area (Å²) in [6.45, 7) is 2.61. The summed E-state index contributed by atoms with van der Waals surface area (Å²) in [5.74, 6) is 0.844. The van der Waals surface area contributed by atoms with Crippen molar-refractivity contribution in [2.75, 3.05) is 6.61 Å². The fraction of sp³-hybridized carbons (Fsp3) is 0.500. The maximum Gasteiger partial charge on any atom is 0.127 e. The molecule has 0 spiro atoms. The van der Waals surface area contributed by atoms with Gasteiger partial charge >= 0.3 is 0 Å². The molecule has 1 unspecified atom stereocenters. The molecule has 0 radical (unpaired) electrons. The van der Waals surface area contributed by atoms with Crippen LogP contribution >= 0.6 is 22.6 Å². The fourth-order valence-corrected chi connectivity index (χ4v) is 3.96. The van der Waals surface area contributed by atoms with Crippen molar-refractivity contribution in [3.63, 3.8) is 0 Å². The van der Waals surface area contributed by atoms with Crippen LogP contribution in [0.15, 0.2) is 48.5 Å². The van der Waals surface area contributed by atoms with Crippen molar-refractivity contribution in [2.24, 2.45) is 0 Å². The van der Waals surface area contributed by atoms with Crippen molar-refractivity contribution in [2.45, 2.75) is 70.8 Å². The zero-order chi connectivity index (χ0) is 19.3. The van der Waals surface area contributed by atoms with Crippen LogP contribution in [0.25, 0.3) is 11.1 Å². The van der Waals surface area contributed by atoms with Gasteiger partial charge in [0.25, 0.3) is 0 Å². The van der Waals surface area contributed by atoms with E-state index < -0.39 is 6.10 Å². The highest BCUT2D eigenvalue weighted by Gasteiger charge is 2.11. The summed E-state index contributed by atoms with van der Waals surface area (Å²) in [5.41, 5.74) is 2.26. The smallest absolute Gasteiger partial charge is 0.127 e. The van der Waals surface area contributed by atoms with E-state index in [1.165, 1.54) is 54.1 Å². The Bertz CT molecular complexity index is 656. The molecule has 0 aliphatic heterocycles. The van der Waals surface area contributed by atoms with Gasteiger partial charge in [-0.15, -0.1) is 0 Å². The molecule has 0 heterocycles. The van der Waals surface area contributed by atoms with E-state index in [0.29, 0.717) is 6.61 Å². The topological polar surface area (TPSA) is 29.5 Å². The maximum absolute atomic E-state index is 10.3. The molecule has 2 nitrogen and oxygen atoms in total. The third-order valence-electron chi connectivity index (χ3n) is 4.87. The van der Waals surface area contributed by atoms with Gasteiger partial charge in [0, 0.05) is 9.13 Å². The van der Waals surface area contributed by atoms with Crippen LogP contribution in [0.3, 0.4) is 0 Å². The lowest BCUT2D eigenvalue weighted by atomic mass is 10.0. The summed E-state index contributed by atoms with van der Waals surface area (Å²) < 4.78 is 7.18. The van der Waals surface area contributed by atoms with Gasteiger partial charge in [0.2, 0.25) is 0 Å². The van der Waals surface area contributed by atoms with Crippen molar-refractivity contribution in [1.29, 1.82) is 0 Å². The van der Waals surface area contributed by atoms with Gasteiger partial charge in [-0.3, -0.25) is 0 Å². The average molecular weight is 480 g/mol. The highest BCUT2D eigenvalue weighted by molar-refractivity contribution is 14.1. The minimum absolute atomic E-state index is 0.358. The number of aliphatic hydroxyl groups is 1. The molecule has 1 N–H and O–H groups in total. The molecule has 0 aliphatic rings. The van der Waals surface area contributed by atoms with Crippen LogP contribution in [0.5, 0.6) is 5.75 Å². The van der Waals surface area contributed by atoms with Crippen LogP contribution in [0, 0.1) is 3.57 Å². The van der Waals surface area contributed by atoms with Gasteiger partial charge in [-0.05, 0) is 46.7 Å². The normalized spacial score (nSPS) is 12.1. The van der Waals surface area contributed by atoms with E-state index in [-0.39, 0.29) is 0 Å². The highest BCUT2D eigenvalue weighted by atomic mass is 127. The second kappa shape index (κ2) is 13.2. The largest absolute Gasteiger partial charge is 0.490 e. The van der Waals surface area contributed by atoms with Gasteiger partial charge in [-0.25, -0.2) is 0 Å². The number of ether oxygens (including phenoxy) is 1. The third kappa shape index (κ3) is 8.22. The third-order valence-corrected chi connectivity index (χ3v) is 5.81. The molecule has 0 amide bonds. The summed E-state index contributed by atoms with van der Waals surface area (Å²) in [6, 6.07) is 16.4. The van der Waals surface area contributed by atoms with E-state index in [0.717, 1.165) is 24.2 Å². The van der Waals surface area contributed by atoms with Crippen molar-refractivity contribution in [1.82, 2.24) is 0 Å². The Labute approximate surface area is 178 Å². The number of para-hydroxylation sites is 1. The summed E-state index contributed by atoms with van der Waals surface area (Å²) >= 11 is 2.35. The number of aliphatic hydroxyl groups excluding tert-OH is 1. The quantitative estimate of drug-likeness (QED) is 0.242. The van der Waals surface area contributed by atoms with Crippen LogP contribution in [0.2, 0.25) is 0 Å². The Morgan fingerprint density at radius 3 is 2.11 bits per heavy atom. The first kappa shape index (κ1) is 22.2. The first-order valence-corrected chi connectivity index (χ1v) is 11.4. The fourth-order valence-electron chi connectivity index (χ4n) is 3.28. The Hall–Kier alpha value is -1.07. The molecule has 3 heteroatoms. The zero-order valence-electron chi connectivity index (χ0n) is 16.5. The van der Waals surface area contributed by atoms with E-state index in [2.05, 4.69) is 47.7 Å². The summed E-state index contributed by atoms with van der Waals surface area (Å²) in [5, 5.41) is 10.3. The van der Waals surface area contributed by atoms with E-state index in [1.807, 2.05) is 30.3 Å². The van der Waals surface area contributed by atoms with Gasteiger partial charge < -0.3 is 9.84 Å². The average Bonchev–Trinajstić information content (AvgIpc) is 2.69. The molecule has 148 valence electrons. The second-order valence-electron chi connectivity index (χ2n) is 7.20. The van der Waals surface area contributed by atoms with Crippen LogP contribution < -0.4 is 4.74 Å². The molecule has 27 heavy (non-hydrogen) atoms. The zero-order valence-corrected chi connectivity index (χ0v) is 18.7. The standard InChI is InChI=1S/C24H33IO2/c1-2-3-4-5-6-7-8-9-14-20(26)19-27-24-18-13-11-16-22(24)21-15-10-12-17-23(21)25/h10-13,15-18,20,26H,2-9,14,19H2,1H3. The lowest BCUT2D eigenvalue weighted by molar-refractivity contribution is 0.0977. The molecule has 0 saturated carbocycles. The van der Waals surface area contributed by atoms with Gasteiger partial charge in [0.1, 0.15) is 12.4 Å². The second-order valence-corrected chi connectivity index (χ2v) is 8.37. The number of unbranched alkanes of at least 4 members (excludes halogenated alkanes) is 7. The lowest BCUT2D eigenvalue weighted by Gasteiger charge is -2.16. The minimum Gasteiger partial charge on any atom is -0.490 e. The molecule has 0 fully saturated rings. The van der Waals surface area contributed by atoms with Crippen molar-refractivity contribution in [3.8, 4) is 16.9 Å². The van der Waals surface area contributed by atoms with Crippen LogP contribution in [-0.2, 0) is 0 Å². The predicted molar refractivity (Wildman–Crippen MR) is 123 cm³/mol. The summed E-state index contributed by atoms with van der Waals surface area (Å²) in [4.78, 5) is 0. The molecule has 0 bridgehead atoms. The number of rotatable bonds is 13. The molecular weight excluding hydrogens is 447 g/mol. The van der Waals surface area contributed by atoms with Gasteiger partial charge in [-0.1, -0.05) is 94.7 Å². The molecule has 2 rings (SSSR count). The number of hydrogen-bond donors (Lipinski definition) is 1. The van der Waals surface area contributed by atoms with Gasteiger partial charge in [-0.2, -0.15) is 0 Å². The molecule has 0 aliphatic carbocycles. The predicted octanol–water partition coefficient (Wildman–Crippen LogP) is 7.23. The lowest BCUT2D eigenvalue weighted by Crippen LogP contribution is -2.17. The Balaban J connectivity index is 1.73. The summed E-state index contributed by atoms with van der Waals surface area (Å²) in [6.07, 6.45) is 10.7. The van der Waals surface area contributed by atoms with Crippen LogP contribution in [0.1, 0.15) is 64.7 Å². The van der Waals surface area contributed by atoms with E-state index in [4.69, 9.17) is 4.74 Å². The van der Waals surface area contributed by atoms with Gasteiger partial charge in [0.05, 0.1) is 6.10 Å². The van der Waals surface area contributed by atoms with E-state index in [1.54, 1.807) is 0 Å². The van der Waals surface area contributed by atoms with Crippen molar-refractivity contribution >= 4 is 22.6 Å². The van der Waals surface area contributed by atoms with Gasteiger partial charge in [0.15, 0.2) is 0 Å². The Kier molecular flexibility index (Phi) is 10.8. The van der Waals surface area contributed by atoms with E-state index >= 15 is 0 Å². The Morgan fingerprint density at radius 1 is 0.815 bits per heavy atom. The molecular formula is C24H33IO2. The van der Waals surface area contributed by atoms with Crippen LogP contribution in [0.4, 0.5) is 0 Å². The molecule has 0 aromatic heterocycles. The number of benzene rings is 2. The SMILES string of the molecule is CCCCCCCCCCC(O)COc1ccccc1-c1ccccc1I. The first-order valence-electron chi connectivity index (χ1n) is 10.4. The summed E-state index contributed by atoms with van der Waals surface area (Å²) in [7, 11) is 0. The molecule has 1 atom stereocenters. The minimum atomic E-state index is -0.395. The van der Waals surface area contributed by atoms with E-state index in [9.17, 15) is 5.11 Å². The van der Waals surface area contributed by atoms with Crippen molar-refractivity contribution < 1.29 is 9.84 Å². The Morgan fingerprint density at radius 2 is 1.41 bits per heavy atom. The monoisotopic (exact) mass is 480 g/mol. The molecule has 0 saturated heterocycles. The highest BCUT2D eigenvalue weighted by Crippen LogP contribution is 2.33. The number of halogens is 1. The molecule has 2 aromatic rings. The first-order chi connectivity index (χ1) is 13.2. The number of hydrogen-bond acceptors (Lipinski definition) is 2. The maximum atomic E-state index is 10.3.